The van der Waals surface area contributed by atoms with E-state index in [2.05, 4.69) is 0 Å². The Labute approximate surface area is 93.5 Å². The maximum Gasteiger partial charge on any atom is 0.184 e. The molecule has 0 unspecified atom stereocenters. The summed E-state index contributed by atoms with van der Waals surface area (Å²) in [6, 6.07) is 3.30. The van der Waals surface area contributed by atoms with E-state index in [-0.39, 0.29) is 12.3 Å². The van der Waals surface area contributed by atoms with Crippen LogP contribution in [0.3, 0.4) is 0 Å². The predicted molar refractivity (Wildman–Crippen MR) is 57.1 cm³/mol. The highest BCUT2D eigenvalue weighted by atomic mass is 16.7. The zero-order valence-electron chi connectivity index (χ0n) is 9.44. The van der Waals surface area contributed by atoms with Gasteiger partial charge in [0.05, 0.1) is 26.3 Å². The van der Waals surface area contributed by atoms with Crippen LogP contribution in [0.25, 0.3) is 0 Å². The van der Waals surface area contributed by atoms with Gasteiger partial charge in [-0.15, -0.1) is 5.06 Å². The average molecular weight is 223 g/mol. The Balaban J connectivity index is 2.51. The molecule has 5 nitrogen and oxygen atoms in total. The van der Waals surface area contributed by atoms with Crippen molar-refractivity contribution in [1.82, 2.24) is 5.06 Å². The number of hydrogen-bond donors (Lipinski definition) is 0. The summed E-state index contributed by atoms with van der Waals surface area (Å²) in [6.45, 7) is 0.239. The minimum Gasteiger partial charge on any atom is -0.493 e. The average Bonchev–Trinajstić information content (AvgIpc) is 2.27. The summed E-state index contributed by atoms with van der Waals surface area (Å²) in [5.41, 5.74) is 0.524. The maximum absolute atomic E-state index is 11.7. The Morgan fingerprint density at radius 2 is 1.88 bits per heavy atom. The number of carbonyl (C=O) groups excluding carboxylic acids is 1. The molecule has 5 heteroatoms. The number of hydroxylamine groups is 2. The van der Waals surface area contributed by atoms with E-state index in [1.807, 2.05) is 0 Å². The number of benzene rings is 1. The zero-order chi connectivity index (χ0) is 11.7. The molecule has 1 aliphatic heterocycles. The van der Waals surface area contributed by atoms with E-state index in [4.69, 9.17) is 14.3 Å². The first-order valence-corrected chi connectivity index (χ1v) is 4.84. The van der Waals surface area contributed by atoms with E-state index >= 15 is 0 Å². The Morgan fingerprint density at radius 3 is 2.50 bits per heavy atom. The highest BCUT2D eigenvalue weighted by Crippen LogP contribution is 2.36. The number of Topliss-reactive ketones (excluding diaryl/α,β-unsaturated/α-hetero) is 1. The van der Waals surface area contributed by atoms with Crippen molar-refractivity contribution in [2.45, 2.75) is 0 Å². The van der Waals surface area contributed by atoms with Crippen LogP contribution < -0.4 is 14.3 Å². The number of fused-ring (bicyclic) bond motifs is 1. The smallest absolute Gasteiger partial charge is 0.184 e. The van der Waals surface area contributed by atoms with Crippen molar-refractivity contribution in [2.75, 3.05) is 27.8 Å². The van der Waals surface area contributed by atoms with E-state index in [1.54, 1.807) is 26.3 Å². The molecule has 0 bridgehead atoms. The van der Waals surface area contributed by atoms with E-state index in [0.29, 0.717) is 22.8 Å². The Bertz CT molecular complexity index is 430. The molecule has 0 radical (unpaired) electrons. The van der Waals surface area contributed by atoms with E-state index in [9.17, 15) is 4.79 Å². The fourth-order valence-corrected chi connectivity index (χ4v) is 1.64. The van der Waals surface area contributed by atoms with Crippen LogP contribution in [-0.2, 0) is 0 Å². The Kier molecular flexibility index (Phi) is 2.70. The number of carbonyl (C=O) groups is 1. The SMILES string of the molecule is COc1cc2c(cc1OC)C(=O)CN(C)O2. The fourth-order valence-electron chi connectivity index (χ4n) is 1.64. The van der Waals surface area contributed by atoms with Gasteiger partial charge < -0.3 is 14.3 Å². The standard InChI is InChI=1S/C11H13NO4/c1-12-6-8(13)7-4-10(14-2)11(15-3)5-9(7)16-12/h4-5H,6H2,1-3H3. The van der Waals surface area contributed by atoms with Gasteiger partial charge in [-0.3, -0.25) is 4.79 Å². The van der Waals surface area contributed by atoms with Crippen molar-refractivity contribution in [3.63, 3.8) is 0 Å². The number of likely N-dealkylation sites (N-methyl/N-ethyl adjacent to an activating group) is 1. The first-order chi connectivity index (χ1) is 7.65. The summed E-state index contributed by atoms with van der Waals surface area (Å²) in [7, 11) is 4.78. The number of ketones is 1. The van der Waals surface area contributed by atoms with Crippen LogP contribution in [0.1, 0.15) is 10.4 Å². The normalized spacial score (nSPS) is 15.3. The molecule has 0 aliphatic carbocycles. The molecule has 0 fully saturated rings. The van der Waals surface area contributed by atoms with Gasteiger partial charge in [0.25, 0.3) is 0 Å². The minimum atomic E-state index is 0.00435. The van der Waals surface area contributed by atoms with Crippen molar-refractivity contribution >= 4 is 5.78 Å². The number of hydrogen-bond acceptors (Lipinski definition) is 5. The molecule has 1 aliphatic rings. The molecule has 1 heterocycles. The molecule has 1 aromatic carbocycles. The molecule has 0 amide bonds. The molecule has 0 spiro atoms. The fraction of sp³-hybridized carbons (Fsp3) is 0.364. The molecule has 86 valence electrons. The molecule has 2 rings (SSSR count). The van der Waals surface area contributed by atoms with Crippen molar-refractivity contribution < 1.29 is 19.1 Å². The van der Waals surface area contributed by atoms with Gasteiger partial charge in [0, 0.05) is 13.1 Å². The summed E-state index contributed by atoms with van der Waals surface area (Å²) < 4.78 is 10.3. The van der Waals surface area contributed by atoms with Crippen LogP contribution in [0, 0.1) is 0 Å². The first kappa shape index (κ1) is 10.8. The van der Waals surface area contributed by atoms with Crippen molar-refractivity contribution in [3.05, 3.63) is 17.7 Å². The van der Waals surface area contributed by atoms with Crippen LogP contribution in [-0.4, -0.2) is 38.7 Å². The van der Waals surface area contributed by atoms with E-state index in [0.717, 1.165) is 0 Å². The third-order valence-electron chi connectivity index (χ3n) is 2.41. The number of methoxy groups -OCH3 is 2. The van der Waals surface area contributed by atoms with Crippen LogP contribution in [0.2, 0.25) is 0 Å². The summed E-state index contributed by atoms with van der Waals surface area (Å²) in [6.07, 6.45) is 0. The molecule has 16 heavy (non-hydrogen) atoms. The molecule has 0 aromatic heterocycles. The van der Waals surface area contributed by atoms with Gasteiger partial charge in [0.2, 0.25) is 0 Å². The summed E-state index contributed by atoms with van der Waals surface area (Å²) in [5.74, 6) is 1.58. The molecule has 0 saturated heterocycles. The summed E-state index contributed by atoms with van der Waals surface area (Å²) >= 11 is 0. The first-order valence-electron chi connectivity index (χ1n) is 4.84. The lowest BCUT2D eigenvalue weighted by Gasteiger charge is -2.24. The lowest BCUT2D eigenvalue weighted by atomic mass is 10.1. The highest BCUT2D eigenvalue weighted by Gasteiger charge is 2.25. The maximum atomic E-state index is 11.7. The number of ether oxygens (including phenoxy) is 2. The number of nitrogens with zero attached hydrogens (tertiary/aromatic N) is 1. The second-order valence-electron chi connectivity index (χ2n) is 3.50. The van der Waals surface area contributed by atoms with Crippen LogP contribution >= 0.6 is 0 Å². The Morgan fingerprint density at radius 1 is 1.25 bits per heavy atom. The van der Waals surface area contributed by atoms with Gasteiger partial charge >= 0.3 is 0 Å². The minimum absolute atomic E-state index is 0.00435. The highest BCUT2D eigenvalue weighted by molar-refractivity contribution is 6.01. The quantitative estimate of drug-likeness (QED) is 0.752. The van der Waals surface area contributed by atoms with Crippen LogP contribution in [0.15, 0.2) is 12.1 Å². The molecule has 0 N–H and O–H groups in total. The lowest BCUT2D eigenvalue weighted by Crippen LogP contribution is -2.34. The van der Waals surface area contributed by atoms with Crippen molar-refractivity contribution in [1.29, 1.82) is 0 Å². The summed E-state index contributed by atoms with van der Waals surface area (Å²) in [4.78, 5) is 17.2. The van der Waals surface area contributed by atoms with Crippen molar-refractivity contribution in [2.24, 2.45) is 0 Å². The Hall–Kier alpha value is -1.75. The third kappa shape index (κ3) is 1.69. The second-order valence-corrected chi connectivity index (χ2v) is 3.50. The van der Waals surface area contributed by atoms with E-state index < -0.39 is 0 Å². The van der Waals surface area contributed by atoms with Gasteiger partial charge in [-0.2, -0.15) is 0 Å². The van der Waals surface area contributed by atoms with Gasteiger partial charge in [-0.05, 0) is 6.07 Å². The zero-order valence-corrected chi connectivity index (χ0v) is 9.44. The second kappa shape index (κ2) is 4.02. The largest absolute Gasteiger partial charge is 0.493 e. The van der Waals surface area contributed by atoms with Crippen LogP contribution in [0.5, 0.6) is 17.2 Å². The monoisotopic (exact) mass is 223 g/mol. The van der Waals surface area contributed by atoms with Crippen molar-refractivity contribution in [3.8, 4) is 17.2 Å². The van der Waals surface area contributed by atoms with E-state index in [1.165, 1.54) is 12.2 Å². The third-order valence-corrected chi connectivity index (χ3v) is 2.41. The molecular weight excluding hydrogens is 210 g/mol. The topological polar surface area (TPSA) is 48.0 Å². The summed E-state index contributed by atoms with van der Waals surface area (Å²) in [5, 5.41) is 1.48. The predicted octanol–water partition coefficient (Wildman–Crippen LogP) is 1.13. The lowest BCUT2D eigenvalue weighted by molar-refractivity contribution is -0.0334. The van der Waals surface area contributed by atoms with Crippen LogP contribution in [0.4, 0.5) is 0 Å². The molecule has 1 aromatic rings. The molecule has 0 atom stereocenters. The van der Waals surface area contributed by atoms with Gasteiger partial charge in [0.1, 0.15) is 0 Å². The van der Waals surface area contributed by atoms with Gasteiger partial charge in [0.15, 0.2) is 23.0 Å². The number of rotatable bonds is 2. The molecule has 0 saturated carbocycles. The molecular formula is C11H13NO4. The van der Waals surface area contributed by atoms with Gasteiger partial charge in [-0.25, -0.2) is 0 Å². The van der Waals surface area contributed by atoms with Gasteiger partial charge in [-0.1, -0.05) is 0 Å².